The van der Waals surface area contributed by atoms with E-state index in [1.54, 1.807) is 24.3 Å². The average molecular weight is 239 g/mol. The number of alkyl halides is 3. The van der Waals surface area contributed by atoms with Crippen LogP contribution in [0.1, 0.15) is 5.56 Å². The molecule has 2 rings (SSSR count). The van der Waals surface area contributed by atoms with Gasteiger partial charge in [-0.2, -0.15) is 13.2 Å². The number of para-hydroxylation sites is 1. The summed E-state index contributed by atoms with van der Waals surface area (Å²) in [5, 5.41) is 0. The van der Waals surface area contributed by atoms with Crippen LogP contribution in [0.15, 0.2) is 48.7 Å². The van der Waals surface area contributed by atoms with Crippen molar-refractivity contribution in [1.82, 2.24) is 4.98 Å². The van der Waals surface area contributed by atoms with Gasteiger partial charge in [-0.3, -0.25) is 0 Å². The molecule has 1 aromatic heterocycles. The van der Waals surface area contributed by atoms with Gasteiger partial charge in [-0.25, -0.2) is 4.98 Å². The predicted octanol–water partition coefficient (Wildman–Crippen LogP) is 3.89. The van der Waals surface area contributed by atoms with E-state index in [9.17, 15) is 13.2 Å². The SMILES string of the molecule is FC(F)(F)c1ccc(Oc2ccccc2)nc1. The number of hydrogen-bond acceptors (Lipinski definition) is 2. The zero-order chi connectivity index (χ0) is 12.3. The summed E-state index contributed by atoms with van der Waals surface area (Å²) in [6, 6.07) is 10.9. The Balaban J connectivity index is 2.14. The van der Waals surface area contributed by atoms with E-state index in [0.29, 0.717) is 5.75 Å². The Labute approximate surface area is 95.7 Å². The molecule has 0 bridgehead atoms. The summed E-state index contributed by atoms with van der Waals surface area (Å²) in [6.07, 6.45) is -3.63. The molecule has 0 saturated carbocycles. The van der Waals surface area contributed by atoms with E-state index in [1.165, 1.54) is 6.07 Å². The maximum Gasteiger partial charge on any atom is 0.417 e. The minimum absolute atomic E-state index is 0.129. The topological polar surface area (TPSA) is 22.1 Å². The second-order valence-electron chi connectivity index (χ2n) is 3.30. The fraction of sp³-hybridized carbons (Fsp3) is 0.0833. The van der Waals surface area contributed by atoms with Crippen molar-refractivity contribution in [2.24, 2.45) is 0 Å². The van der Waals surface area contributed by atoms with Gasteiger partial charge < -0.3 is 4.74 Å². The maximum atomic E-state index is 12.3. The summed E-state index contributed by atoms with van der Waals surface area (Å²) >= 11 is 0. The summed E-state index contributed by atoms with van der Waals surface area (Å²) in [6.45, 7) is 0. The number of halogens is 3. The summed E-state index contributed by atoms with van der Waals surface area (Å²) < 4.78 is 42.1. The van der Waals surface area contributed by atoms with Gasteiger partial charge in [-0.15, -0.1) is 0 Å². The molecule has 0 spiro atoms. The highest BCUT2D eigenvalue weighted by Crippen LogP contribution is 2.29. The highest BCUT2D eigenvalue weighted by Gasteiger charge is 2.30. The summed E-state index contributed by atoms with van der Waals surface area (Å²) in [4.78, 5) is 3.60. The van der Waals surface area contributed by atoms with Gasteiger partial charge in [-0.05, 0) is 18.2 Å². The minimum Gasteiger partial charge on any atom is -0.439 e. The number of rotatable bonds is 2. The van der Waals surface area contributed by atoms with Gasteiger partial charge in [0.05, 0.1) is 5.56 Å². The van der Waals surface area contributed by atoms with E-state index in [1.807, 2.05) is 6.07 Å². The lowest BCUT2D eigenvalue weighted by atomic mass is 10.3. The molecule has 17 heavy (non-hydrogen) atoms. The molecule has 0 atom stereocenters. The molecular formula is C12H8F3NO. The Morgan fingerprint density at radius 3 is 2.18 bits per heavy atom. The first kappa shape index (κ1) is 11.4. The van der Waals surface area contributed by atoms with E-state index in [-0.39, 0.29) is 5.88 Å². The predicted molar refractivity (Wildman–Crippen MR) is 55.8 cm³/mol. The molecule has 0 amide bonds. The molecule has 0 aliphatic rings. The van der Waals surface area contributed by atoms with E-state index < -0.39 is 11.7 Å². The van der Waals surface area contributed by atoms with Crippen molar-refractivity contribution in [2.45, 2.75) is 6.18 Å². The van der Waals surface area contributed by atoms with E-state index >= 15 is 0 Å². The molecule has 0 aliphatic heterocycles. The Hall–Kier alpha value is -2.04. The third kappa shape index (κ3) is 2.96. The van der Waals surface area contributed by atoms with Crippen LogP contribution in [-0.2, 0) is 6.18 Å². The zero-order valence-corrected chi connectivity index (χ0v) is 8.61. The smallest absolute Gasteiger partial charge is 0.417 e. The van der Waals surface area contributed by atoms with E-state index in [2.05, 4.69) is 4.98 Å². The van der Waals surface area contributed by atoms with Gasteiger partial charge in [-0.1, -0.05) is 18.2 Å². The highest BCUT2D eigenvalue weighted by atomic mass is 19.4. The van der Waals surface area contributed by atoms with Gasteiger partial charge in [0.15, 0.2) is 0 Å². The van der Waals surface area contributed by atoms with Gasteiger partial charge in [0.1, 0.15) is 5.75 Å². The van der Waals surface area contributed by atoms with Crippen LogP contribution in [0.5, 0.6) is 11.6 Å². The van der Waals surface area contributed by atoms with Gasteiger partial charge >= 0.3 is 6.18 Å². The molecule has 0 radical (unpaired) electrons. The van der Waals surface area contributed by atoms with Crippen molar-refractivity contribution in [3.05, 3.63) is 54.2 Å². The molecule has 0 aliphatic carbocycles. The standard InChI is InChI=1S/C12H8F3NO/c13-12(14,15)9-6-7-11(16-8-9)17-10-4-2-1-3-5-10/h1-8H. The number of benzene rings is 1. The second kappa shape index (κ2) is 4.45. The van der Waals surface area contributed by atoms with Gasteiger partial charge in [0.2, 0.25) is 5.88 Å². The molecular weight excluding hydrogens is 231 g/mol. The van der Waals surface area contributed by atoms with Crippen LogP contribution in [0.25, 0.3) is 0 Å². The average Bonchev–Trinajstić information content (AvgIpc) is 2.30. The third-order valence-electron chi connectivity index (χ3n) is 2.03. The first-order valence-electron chi connectivity index (χ1n) is 4.82. The molecule has 1 aromatic carbocycles. The molecule has 2 aromatic rings. The molecule has 0 fully saturated rings. The Morgan fingerprint density at radius 2 is 1.65 bits per heavy atom. The van der Waals surface area contributed by atoms with Crippen LogP contribution in [0.2, 0.25) is 0 Å². The fourth-order valence-corrected chi connectivity index (χ4v) is 1.22. The van der Waals surface area contributed by atoms with Crippen molar-refractivity contribution in [2.75, 3.05) is 0 Å². The molecule has 0 N–H and O–H groups in total. The Bertz CT molecular complexity index is 479. The lowest BCUT2D eigenvalue weighted by Gasteiger charge is -2.07. The number of ether oxygens (including phenoxy) is 1. The van der Waals surface area contributed by atoms with E-state index in [0.717, 1.165) is 12.3 Å². The molecule has 0 unspecified atom stereocenters. The molecule has 1 heterocycles. The number of pyridine rings is 1. The van der Waals surface area contributed by atoms with E-state index in [4.69, 9.17) is 4.74 Å². The van der Waals surface area contributed by atoms with Gasteiger partial charge in [0, 0.05) is 12.3 Å². The number of nitrogens with zero attached hydrogens (tertiary/aromatic N) is 1. The quantitative estimate of drug-likeness (QED) is 0.793. The lowest BCUT2D eigenvalue weighted by Crippen LogP contribution is -2.05. The summed E-state index contributed by atoms with van der Waals surface area (Å²) in [7, 11) is 0. The van der Waals surface area contributed by atoms with Crippen molar-refractivity contribution >= 4 is 0 Å². The normalized spacial score (nSPS) is 11.2. The number of aromatic nitrogens is 1. The van der Waals surface area contributed by atoms with Crippen LogP contribution in [0.4, 0.5) is 13.2 Å². The van der Waals surface area contributed by atoms with Crippen LogP contribution < -0.4 is 4.74 Å². The zero-order valence-electron chi connectivity index (χ0n) is 8.61. The highest BCUT2D eigenvalue weighted by molar-refractivity contribution is 5.28. The number of hydrogen-bond donors (Lipinski definition) is 0. The molecule has 0 saturated heterocycles. The van der Waals surface area contributed by atoms with Gasteiger partial charge in [0.25, 0.3) is 0 Å². The fourth-order valence-electron chi connectivity index (χ4n) is 1.22. The van der Waals surface area contributed by atoms with Crippen molar-refractivity contribution < 1.29 is 17.9 Å². The lowest BCUT2D eigenvalue weighted by molar-refractivity contribution is -0.137. The largest absolute Gasteiger partial charge is 0.439 e. The van der Waals surface area contributed by atoms with Crippen molar-refractivity contribution in [3.8, 4) is 11.6 Å². The van der Waals surface area contributed by atoms with Crippen molar-refractivity contribution in [1.29, 1.82) is 0 Å². The molecule has 88 valence electrons. The Kier molecular flexibility index (Phi) is 2.99. The molecule has 5 heteroatoms. The van der Waals surface area contributed by atoms with Crippen LogP contribution in [-0.4, -0.2) is 4.98 Å². The van der Waals surface area contributed by atoms with Crippen LogP contribution >= 0.6 is 0 Å². The van der Waals surface area contributed by atoms with Crippen molar-refractivity contribution in [3.63, 3.8) is 0 Å². The monoisotopic (exact) mass is 239 g/mol. The third-order valence-corrected chi connectivity index (χ3v) is 2.03. The van der Waals surface area contributed by atoms with Crippen LogP contribution in [0.3, 0.4) is 0 Å². The Morgan fingerprint density at radius 1 is 0.941 bits per heavy atom. The minimum atomic E-state index is -4.38. The first-order valence-corrected chi connectivity index (χ1v) is 4.82. The summed E-state index contributed by atoms with van der Waals surface area (Å²) in [5.41, 5.74) is -0.794. The summed E-state index contributed by atoms with van der Waals surface area (Å²) in [5.74, 6) is 0.656. The van der Waals surface area contributed by atoms with Crippen LogP contribution in [0, 0.1) is 0 Å². The molecule has 2 nitrogen and oxygen atoms in total. The maximum absolute atomic E-state index is 12.3. The first-order chi connectivity index (χ1) is 8.05. The second-order valence-corrected chi connectivity index (χ2v) is 3.30.